The van der Waals surface area contributed by atoms with Gasteiger partial charge >= 0.3 is 5.97 Å². The van der Waals surface area contributed by atoms with Crippen LogP contribution in [0.2, 0.25) is 5.02 Å². The standard InChI is InChI=1S/C25H32ClNO4.ClH/c1-27(2,12-11-18-13-19-5-3-4-6-20(19)14-18)16-22(28)17-31-23-8-9-24(26)21(15-23)7-10-25(29)30;/h3-6,8-9,15,18,22,28H,7,10-14,16-17H2,1-2H3;1H/p+1/t22-;/m1./s1. The predicted molar refractivity (Wildman–Crippen MR) is 130 cm³/mol. The summed E-state index contributed by atoms with van der Waals surface area (Å²) in [6.45, 7) is 1.81. The van der Waals surface area contributed by atoms with Gasteiger partial charge in [0.25, 0.3) is 0 Å². The van der Waals surface area contributed by atoms with E-state index >= 15 is 0 Å². The molecule has 5 nitrogen and oxygen atoms in total. The van der Waals surface area contributed by atoms with Crippen molar-refractivity contribution in [2.24, 2.45) is 5.92 Å². The van der Waals surface area contributed by atoms with Gasteiger partial charge in [-0.2, -0.15) is 0 Å². The first-order valence-electron chi connectivity index (χ1n) is 10.9. The van der Waals surface area contributed by atoms with Crippen molar-refractivity contribution in [3.8, 4) is 5.75 Å². The van der Waals surface area contributed by atoms with Gasteiger partial charge in [0.05, 0.1) is 20.6 Å². The number of nitrogens with zero attached hydrogens (tertiary/aromatic N) is 1. The van der Waals surface area contributed by atoms with Crippen molar-refractivity contribution in [1.82, 2.24) is 0 Å². The number of carboxylic acids is 1. The van der Waals surface area contributed by atoms with Gasteiger partial charge in [0, 0.05) is 17.9 Å². The van der Waals surface area contributed by atoms with Gasteiger partial charge in [0.1, 0.15) is 25.0 Å². The minimum Gasteiger partial charge on any atom is -0.491 e. The van der Waals surface area contributed by atoms with Gasteiger partial charge in [-0.15, -0.1) is 12.4 Å². The lowest BCUT2D eigenvalue weighted by Gasteiger charge is -2.32. The van der Waals surface area contributed by atoms with Crippen LogP contribution < -0.4 is 4.74 Å². The van der Waals surface area contributed by atoms with Crippen molar-refractivity contribution >= 4 is 30.0 Å². The van der Waals surface area contributed by atoms with E-state index in [0.717, 1.165) is 35.9 Å². The highest BCUT2D eigenvalue weighted by Crippen LogP contribution is 2.29. The zero-order chi connectivity index (χ0) is 22.4. The summed E-state index contributed by atoms with van der Waals surface area (Å²) in [7, 11) is 4.30. The number of hydrogen-bond acceptors (Lipinski definition) is 3. The van der Waals surface area contributed by atoms with Crippen LogP contribution in [0.25, 0.3) is 0 Å². The van der Waals surface area contributed by atoms with Crippen molar-refractivity contribution in [1.29, 1.82) is 0 Å². The first-order valence-corrected chi connectivity index (χ1v) is 11.3. The molecule has 7 heteroatoms. The number of carbonyl (C=O) groups is 1. The number of benzene rings is 2. The summed E-state index contributed by atoms with van der Waals surface area (Å²) in [5.74, 6) is 0.415. The third-order valence-corrected chi connectivity index (χ3v) is 6.42. The average molecular weight is 483 g/mol. The lowest BCUT2D eigenvalue weighted by molar-refractivity contribution is -0.894. The SMILES string of the molecule is C[N+](C)(CCC1Cc2ccccc2C1)C[C@@H](O)COc1ccc(Cl)c(CCC(=O)O)c1.Cl. The zero-order valence-electron chi connectivity index (χ0n) is 18.8. The lowest BCUT2D eigenvalue weighted by Crippen LogP contribution is -2.48. The smallest absolute Gasteiger partial charge is 0.303 e. The molecule has 0 aromatic heterocycles. The molecule has 32 heavy (non-hydrogen) atoms. The van der Waals surface area contributed by atoms with Crippen molar-refractivity contribution in [2.75, 3.05) is 33.8 Å². The first kappa shape index (κ1) is 26.5. The Bertz CT molecular complexity index is 878. The fourth-order valence-corrected chi connectivity index (χ4v) is 4.58. The molecule has 0 bridgehead atoms. The number of aryl methyl sites for hydroxylation is 1. The van der Waals surface area contributed by atoms with Crippen LogP contribution in [0.5, 0.6) is 5.75 Å². The van der Waals surface area contributed by atoms with Crippen molar-refractivity contribution in [2.45, 2.75) is 38.2 Å². The Balaban J connectivity index is 0.00000363. The highest BCUT2D eigenvalue weighted by Gasteiger charge is 2.26. The number of rotatable bonds is 11. The van der Waals surface area contributed by atoms with E-state index in [1.165, 1.54) is 11.1 Å². The molecule has 0 fully saturated rings. The molecule has 1 aliphatic rings. The number of ether oxygens (including phenoxy) is 1. The predicted octanol–water partition coefficient (Wildman–Crippen LogP) is 4.40. The molecule has 0 radical (unpaired) electrons. The van der Waals surface area contributed by atoms with Gasteiger partial charge in [-0.25, -0.2) is 0 Å². The normalized spacial score (nSPS) is 14.5. The maximum atomic E-state index is 10.8. The molecular weight excluding hydrogens is 449 g/mol. The molecule has 0 spiro atoms. The van der Waals surface area contributed by atoms with Gasteiger partial charge in [-0.05, 0) is 60.1 Å². The third kappa shape index (κ3) is 7.96. The van der Waals surface area contributed by atoms with E-state index in [1.54, 1.807) is 18.2 Å². The number of aliphatic hydroxyl groups excluding tert-OH is 1. The molecule has 0 aliphatic heterocycles. The molecule has 1 aliphatic carbocycles. The molecule has 1 atom stereocenters. The minimum absolute atomic E-state index is 0. The van der Waals surface area contributed by atoms with Crippen LogP contribution in [0.15, 0.2) is 42.5 Å². The molecule has 2 aromatic rings. The maximum absolute atomic E-state index is 10.8. The summed E-state index contributed by atoms with van der Waals surface area (Å²) >= 11 is 6.15. The second-order valence-electron chi connectivity index (χ2n) is 9.29. The van der Waals surface area contributed by atoms with E-state index in [2.05, 4.69) is 38.4 Å². The van der Waals surface area contributed by atoms with E-state index < -0.39 is 12.1 Å². The van der Waals surface area contributed by atoms with Crippen molar-refractivity contribution < 1.29 is 24.2 Å². The third-order valence-electron chi connectivity index (χ3n) is 6.05. The molecule has 0 heterocycles. The Kier molecular flexibility index (Phi) is 9.83. The van der Waals surface area contributed by atoms with Gasteiger partial charge in [0.15, 0.2) is 0 Å². The molecule has 0 saturated carbocycles. The minimum atomic E-state index is -0.862. The monoisotopic (exact) mass is 482 g/mol. The van der Waals surface area contributed by atoms with E-state index in [1.807, 2.05) is 0 Å². The molecule has 0 saturated heterocycles. The number of aliphatic carboxylic acids is 1. The molecule has 3 rings (SSSR count). The number of carboxylic acid groups (broad SMARTS) is 1. The van der Waals surface area contributed by atoms with Crippen LogP contribution in [-0.4, -0.2) is 60.6 Å². The van der Waals surface area contributed by atoms with Crippen LogP contribution in [0, 0.1) is 5.92 Å². The first-order chi connectivity index (χ1) is 14.7. The number of halogens is 2. The van der Waals surface area contributed by atoms with Gasteiger partial charge in [-0.1, -0.05) is 35.9 Å². The molecule has 2 aromatic carbocycles. The number of aliphatic hydroxyl groups is 1. The van der Waals surface area contributed by atoms with Crippen LogP contribution >= 0.6 is 24.0 Å². The van der Waals surface area contributed by atoms with E-state index in [-0.39, 0.29) is 25.4 Å². The van der Waals surface area contributed by atoms with Gasteiger partial charge in [-0.3, -0.25) is 4.79 Å². The highest BCUT2D eigenvalue weighted by molar-refractivity contribution is 6.31. The number of hydrogen-bond donors (Lipinski definition) is 2. The van der Waals surface area contributed by atoms with Crippen molar-refractivity contribution in [3.05, 3.63) is 64.2 Å². The van der Waals surface area contributed by atoms with Crippen LogP contribution in [0.4, 0.5) is 0 Å². The fourth-order valence-electron chi connectivity index (χ4n) is 4.37. The van der Waals surface area contributed by atoms with Crippen LogP contribution in [0.1, 0.15) is 29.5 Å². The van der Waals surface area contributed by atoms with E-state index in [4.69, 9.17) is 21.4 Å². The summed E-state index contributed by atoms with van der Waals surface area (Å²) in [5.41, 5.74) is 3.71. The Morgan fingerprint density at radius 2 is 1.84 bits per heavy atom. The quantitative estimate of drug-likeness (QED) is 0.465. The van der Waals surface area contributed by atoms with Gasteiger partial charge < -0.3 is 19.4 Å². The summed E-state index contributed by atoms with van der Waals surface area (Å²) in [5, 5.41) is 19.9. The molecule has 0 amide bonds. The topological polar surface area (TPSA) is 66.8 Å². The number of quaternary nitrogens is 1. The average Bonchev–Trinajstić information content (AvgIpc) is 3.13. The Morgan fingerprint density at radius 1 is 1.19 bits per heavy atom. The maximum Gasteiger partial charge on any atom is 0.303 e. The van der Waals surface area contributed by atoms with E-state index in [0.29, 0.717) is 29.7 Å². The molecule has 2 N–H and O–H groups in total. The Hall–Kier alpha value is -1.79. The molecular formula is C25H34Cl2NO4+. The number of likely N-dealkylation sites (N-methyl/N-ethyl adjacent to an activating group) is 1. The summed E-state index contributed by atoms with van der Waals surface area (Å²) in [6, 6.07) is 13.9. The number of fused-ring (bicyclic) bond motifs is 1. The second kappa shape index (κ2) is 11.9. The Labute approximate surface area is 202 Å². The zero-order valence-corrected chi connectivity index (χ0v) is 20.4. The fraction of sp³-hybridized carbons (Fsp3) is 0.480. The van der Waals surface area contributed by atoms with Crippen LogP contribution in [0.3, 0.4) is 0 Å². The molecule has 176 valence electrons. The van der Waals surface area contributed by atoms with E-state index in [9.17, 15) is 9.90 Å². The Morgan fingerprint density at radius 3 is 2.47 bits per heavy atom. The van der Waals surface area contributed by atoms with Crippen molar-refractivity contribution in [3.63, 3.8) is 0 Å². The largest absolute Gasteiger partial charge is 0.491 e. The highest BCUT2D eigenvalue weighted by atomic mass is 35.5. The molecule has 0 unspecified atom stereocenters. The second-order valence-corrected chi connectivity index (χ2v) is 9.69. The summed E-state index contributed by atoms with van der Waals surface area (Å²) in [6.07, 6.45) is 3.23. The summed E-state index contributed by atoms with van der Waals surface area (Å²) in [4.78, 5) is 10.8. The summed E-state index contributed by atoms with van der Waals surface area (Å²) < 4.78 is 6.51. The van der Waals surface area contributed by atoms with Crippen LogP contribution in [-0.2, 0) is 24.1 Å². The lowest BCUT2D eigenvalue weighted by atomic mass is 10.0. The van der Waals surface area contributed by atoms with Gasteiger partial charge in [0.2, 0.25) is 0 Å².